The highest BCUT2D eigenvalue weighted by molar-refractivity contribution is 6.02. The molecule has 0 bridgehead atoms. The Morgan fingerprint density at radius 1 is 1.24 bits per heavy atom. The molecule has 0 radical (unpaired) electrons. The molecular weight excluding hydrogens is 364 g/mol. The summed E-state index contributed by atoms with van der Waals surface area (Å²) < 4.78 is 2.25. The molecule has 0 unspecified atom stereocenters. The fraction of sp³-hybridized carbons (Fsp3) is 0.522. The highest BCUT2D eigenvalue weighted by atomic mass is 16.2. The highest BCUT2D eigenvalue weighted by Gasteiger charge is 2.25. The zero-order valence-electron chi connectivity index (χ0n) is 17.6. The van der Waals surface area contributed by atoms with Crippen LogP contribution < -0.4 is 5.73 Å². The lowest BCUT2D eigenvalue weighted by atomic mass is 9.98. The maximum absolute atomic E-state index is 12.4. The number of primary amides is 1. The van der Waals surface area contributed by atoms with Crippen LogP contribution in [-0.4, -0.2) is 39.4 Å². The maximum atomic E-state index is 12.4. The van der Waals surface area contributed by atoms with Crippen LogP contribution in [0.4, 0.5) is 0 Å². The van der Waals surface area contributed by atoms with Crippen molar-refractivity contribution in [3.63, 3.8) is 0 Å². The zero-order valence-corrected chi connectivity index (χ0v) is 17.6. The average Bonchev–Trinajstić information content (AvgIpc) is 3.24. The van der Waals surface area contributed by atoms with Gasteiger partial charge in [-0.25, -0.2) is 0 Å². The standard InChI is InChI=1S/C23H32N4O2/c1-3-4-5-10-19-22(18-9-6-12-25-16-18)21(23(24)29)17(2)27(19)15-8-14-26-13-7-11-20(26)28/h6,9,12,16H,3-5,7-8,10-11,13-15H2,1-2H3,(H2,24,29). The Morgan fingerprint density at radius 2 is 2.07 bits per heavy atom. The van der Waals surface area contributed by atoms with Crippen LogP contribution in [0, 0.1) is 6.92 Å². The van der Waals surface area contributed by atoms with E-state index >= 15 is 0 Å². The molecule has 1 aliphatic rings. The number of hydrogen-bond acceptors (Lipinski definition) is 3. The van der Waals surface area contributed by atoms with Gasteiger partial charge in [-0.15, -0.1) is 0 Å². The summed E-state index contributed by atoms with van der Waals surface area (Å²) in [6.45, 7) is 6.56. The summed E-state index contributed by atoms with van der Waals surface area (Å²) in [4.78, 5) is 30.5. The van der Waals surface area contributed by atoms with E-state index in [1.54, 1.807) is 12.4 Å². The monoisotopic (exact) mass is 396 g/mol. The summed E-state index contributed by atoms with van der Waals surface area (Å²) in [5.74, 6) is -0.141. The number of aromatic nitrogens is 2. The zero-order chi connectivity index (χ0) is 20.8. The van der Waals surface area contributed by atoms with Crippen molar-refractivity contribution < 1.29 is 9.59 Å². The second-order valence-electron chi connectivity index (χ2n) is 7.83. The number of nitrogens with two attached hydrogens (primary N) is 1. The third kappa shape index (κ3) is 4.69. The number of nitrogens with zero attached hydrogens (tertiary/aromatic N) is 3. The van der Waals surface area contributed by atoms with Gasteiger partial charge < -0.3 is 15.2 Å². The Kier molecular flexibility index (Phi) is 7.07. The summed E-state index contributed by atoms with van der Waals surface area (Å²) in [5.41, 5.74) is 10.3. The molecule has 6 nitrogen and oxygen atoms in total. The first-order chi connectivity index (χ1) is 14.0. The number of likely N-dealkylation sites (tertiary alicyclic amines) is 1. The maximum Gasteiger partial charge on any atom is 0.251 e. The van der Waals surface area contributed by atoms with Gasteiger partial charge in [0, 0.05) is 61.0 Å². The Bertz CT molecular complexity index is 858. The number of rotatable bonds is 10. The van der Waals surface area contributed by atoms with Gasteiger partial charge in [-0.3, -0.25) is 14.6 Å². The molecule has 3 rings (SSSR count). The van der Waals surface area contributed by atoms with Gasteiger partial charge in [0.15, 0.2) is 0 Å². The van der Waals surface area contributed by atoms with E-state index in [0.717, 1.165) is 80.7 Å². The molecule has 1 fully saturated rings. The van der Waals surface area contributed by atoms with E-state index in [0.29, 0.717) is 12.0 Å². The molecule has 2 N–H and O–H groups in total. The molecule has 1 aliphatic heterocycles. The summed E-state index contributed by atoms with van der Waals surface area (Å²) in [7, 11) is 0. The van der Waals surface area contributed by atoms with Crippen LogP contribution in [0.3, 0.4) is 0 Å². The number of carbonyl (C=O) groups is 2. The van der Waals surface area contributed by atoms with Crippen molar-refractivity contribution in [2.75, 3.05) is 13.1 Å². The second-order valence-corrected chi connectivity index (χ2v) is 7.83. The number of unbranched alkanes of at least 4 members (excludes halogenated alkanes) is 2. The first-order valence-electron chi connectivity index (χ1n) is 10.7. The molecule has 0 atom stereocenters. The minimum Gasteiger partial charge on any atom is -0.366 e. The highest BCUT2D eigenvalue weighted by Crippen LogP contribution is 2.33. The van der Waals surface area contributed by atoms with Crippen molar-refractivity contribution in [2.24, 2.45) is 5.73 Å². The number of amides is 2. The Labute approximate surface area is 173 Å². The van der Waals surface area contributed by atoms with Gasteiger partial charge in [0.1, 0.15) is 0 Å². The largest absolute Gasteiger partial charge is 0.366 e. The normalized spacial score (nSPS) is 14.0. The second kappa shape index (κ2) is 9.72. The average molecular weight is 397 g/mol. The molecule has 0 aromatic carbocycles. The van der Waals surface area contributed by atoms with Crippen molar-refractivity contribution in [1.29, 1.82) is 0 Å². The van der Waals surface area contributed by atoms with Crippen LogP contribution in [-0.2, 0) is 17.8 Å². The predicted molar refractivity (Wildman–Crippen MR) is 115 cm³/mol. The molecule has 1 saturated heterocycles. The van der Waals surface area contributed by atoms with Crippen molar-refractivity contribution in [3.05, 3.63) is 41.5 Å². The van der Waals surface area contributed by atoms with Gasteiger partial charge in [0.05, 0.1) is 5.56 Å². The van der Waals surface area contributed by atoms with E-state index in [9.17, 15) is 9.59 Å². The summed E-state index contributed by atoms with van der Waals surface area (Å²) in [5, 5.41) is 0. The van der Waals surface area contributed by atoms with E-state index < -0.39 is 5.91 Å². The molecule has 29 heavy (non-hydrogen) atoms. The first-order valence-corrected chi connectivity index (χ1v) is 10.7. The summed E-state index contributed by atoms with van der Waals surface area (Å²) in [6, 6.07) is 3.88. The van der Waals surface area contributed by atoms with Gasteiger partial charge >= 0.3 is 0 Å². The molecule has 0 saturated carbocycles. The van der Waals surface area contributed by atoms with Crippen LogP contribution >= 0.6 is 0 Å². The van der Waals surface area contributed by atoms with E-state index in [-0.39, 0.29) is 5.91 Å². The van der Waals surface area contributed by atoms with Crippen molar-refractivity contribution in [3.8, 4) is 11.1 Å². The van der Waals surface area contributed by atoms with Gasteiger partial charge in [0.2, 0.25) is 5.91 Å². The Hall–Kier alpha value is -2.63. The third-order valence-corrected chi connectivity index (χ3v) is 5.83. The lowest BCUT2D eigenvalue weighted by Gasteiger charge is -2.18. The summed E-state index contributed by atoms with van der Waals surface area (Å²) in [6.07, 6.45) is 10.3. The van der Waals surface area contributed by atoms with Crippen molar-refractivity contribution >= 4 is 11.8 Å². The van der Waals surface area contributed by atoms with E-state index in [1.165, 1.54) is 0 Å². The smallest absolute Gasteiger partial charge is 0.251 e. The molecule has 156 valence electrons. The van der Waals surface area contributed by atoms with Gasteiger partial charge in [-0.05, 0) is 38.7 Å². The molecular formula is C23H32N4O2. The van der Waals surface area contributed by atoms with Crippen LogP contribution in [0.1, 0.15) is 67.2 Å². The van der Waals surface area contributed by atoms with Gasteiger partial charge in [-0.2, -0.15) is 0 Å². The van der Waals surface area contributed by atoms with E-state index in [2.05, 4.69) is 16.5 Å². The Morgan fingerprint density at radius 3 is 2.69 bits per heavy atom. The molecule has 0 aliphatic carbocycles. The lowest BCUT2D eigenvalue weighted by molar-refractivity contribution is -0.127. The van der Waals surface area contributed by atoms with Gasteiger partial charge in [-0.1, -0.05) is 25.8 Å². The lowest BCUT2D eigenvalue weighted by Crippen LogP contribution is -2.26. The molecule has 3 heterocycles. The van der Waals surface area contributed by atoms with E-state index in [4.69, 9.17) is 5.73 Å². The van der Waals surface area contributed by atoms with Crippen molar-refractivity contribution in [1.82, 2.24) is 14.5 Å². The predicted octanol–water partition coefficient (Wildman–Crippen LogP) is 3.70. The molecule has 2 aromatic heterocycles. The number of hydrogen-bond donors (Lipinski definition) is 1. The van der Waals surface area contributed by atoms with Crippen LogP contribution in [0.25, 0.3) is 11.1 Å². The number of carbonyl (C=O) groups excluding carboxylic acids is 2. The van der Waals surface area contributed by atoms with E-state index in [1.807, 2.05) is 24.0 Å². The minimum atomic E-state index is -0.397. The SMILES string of the molecule is CCCCCc1c(-c2cccnc2)c(C(N)=O)c(C)n1CCCN1CCCC1=O. The number of pyridine rings is 1. The quantitative estimate of drug-likeness (QED) is 0.622. The molecule has 0 spiro atoms. The van der Waals surface area contributed by atoms with Crippen LogP contribution in [0.5, 0.6) is 0 Å². The first kappa shape index (κ1) is 21.1. The summed E-state index contributed by atoms with van der Waals surface area (Å²) >= 11 is 0. The Balaban J connectivity index is 1.94. The third-order valence-electron chi connectivity index (χ3n) is 5.83. The van der Waals surface area contributed by atoms with Crippen molar-refractivity contribution in [2.45, 2.75) is 65.3 Å². The molecule has 6 heteroatoms. The molecule has 2 aromatic rings. The van der Waals surface area contributed by atoms with Crippen LogP contribution in [0.15, 0.2) is 24.5 Å². The van der Waals surface area contributed by atoms with Crippen LogP contribution in [0.2, 0.25) is 0 Å². The van der Waals surface area contributed by atoms with Gasteiger partial charge in [0.25, 0.3) is 5.91 Å². The fourth-order valence-corrected chi connectivity index (χ4v) is 4.39. The molecule has 2 amide bonds. The topological polar surface area (TPSA) is 81.2 Å². The minimum absolute atomic E-state index is 0.256. The fourth-order valence-electron chi connectivity index (χ4n) is 4.39.